The average molecular weight is 290 g/mol. The van der Waals surface area contributed by atoms with Crippen LogP contribution < -0.4 is 5.32 Å². The van der Waals surface area contributed by atoms with E-state index in [0.29, 0.717) is 17.4 Å². The highest BCUT2D eigenvalue weighted by molar-refractivity contribution is 5.27. The molecule has 0 saturated carbocycles. The quantitative estimate of drug-likeness (QED) is 0.787. The molecule has 1 nitrogen and oxygen atoms in total. The van der Waals surface area contributed by atoms with Gasteiger partial charge >= 0.3 is 0 Å². The summed E-state index contributed by atoms with van der Waals surface area (Å²) in [7, 11) is 0. The lowest BCUT2D eigenvalue weighted by Gasteiger charge is -2.32. The van der Waals surface area contributed by atoms with Crippen molar-refractivity contribution in [1.29, 1.82) is 0 Å². The van der Waals surface area contributed by atoms with Crippen molar-refractivity contribution >= 4 is 0 Å². The van der Waals surface area contributed by atoms with Gasteiger partial charge in [0.25, 0.3) is 0 Å². The predicted octanol–water partition coefficient (Wildman–Crippen LogP) is 5.19. The van der Waals surface area contributed by atoms with Crippen LogP contribution in [0.3, 0.4) is 0 Å². The summed E-state index contributed by atoms with van der Waals surface area (Å²) in [6.45, 7) is 19.4. The number of benzene rings is 1. The summed E-state index contributed by atoms with van der Waals surface area (Å²) in [4.78, 5) is 0. The minimum atomic E-state index is 0.237. The number of nitrogens with one attached hydrogen (secondary N) is 1. The second kappa shape index (κ2) is 6.96. The Bertz CT molecular complexity index is 415. The molecule has 0 aromatic heterocycles. The Morgan fingerprint density at radius 3 is 1.81 bits per heavy atom. The van der Waals surface area contributed by atoms with Gasteiger partial charge in [-0.05, 0) is 40.8 Å². The van der Waals surface area contributed by atoms with Crippen LogP contribution in [0.25, 0.3) is 0 Å². The smallest absolute Gasteiger partial charge is 0.00104 e. The van der Waals surface area contributed by atoms with Gasteiger partial charge in [-0.3, -0.25) is 0 Å². The van der Waals surface area contributed by atoms with Gasteiger partial charge < -0.3 is 5.32 Å². The van der Waals surface area contributed by atoms with E-state index in [0.717, 1.165) is 13.0 Å². The fourth-order valence-corrected chi connectivity index (χ4v) is 2.49. The lowest BCUT2D eigenvalue weighted by molar-refractivity contribution is 0.226. The first kappa shape index (κ1) is 18.2. The molecule has 21 heavy (non-hydrogen) atoms. The summed E-state index contributed by atoms with van der Waals surface area (Å²) in [5.41, 5.74) is 3.43. The molecule has 1 aromatic rings. The van der Waals surface area contributed by atoms with E-state index in [1.165, 1.54) is 11.1 Å². The zero-order valence-corrected chi connectivity index (χ0v) is 15.4. The molecule has 0 heterocycles. The molecular formula is C20H35N. The maximum atomic E-state index is 3.61. The predicted molar refractivity (Wildman–Crippen MR) is 94.9 cm³/mol. The van der Waals surface area contributed by atoms with Gasteiger partial charge in [-0.2, -0.15) is 0 Å². The zero-order valence-electron chi connectivity index (χ0n) is 15.4. The summed E-state index contributed by atoms with van der Waals surface area (Å²) in [5, 5.41) is 3.61. The average Bonchev–Trinajstić information content (AvgIpc) is 2.32. The van der Waals surface area contributed by atoms with Crippen molar-refractivity contribution in [2.45, 2.75) is 73.3 Å². The molecule has 1 unspecified atom stereocenters. The van der Waals surface area contributed by atoms with Crippen molar-refractivity contribution < 1.29 is 0 Å². The standard InChI is InChI=1S/C20H35N/c1-15(2)21-14-18(20(6,7)8)13-16-9-11-17(12-10-16)19(3,4)5/h9-12,15,18,21H,13-14H2,1-8H3. The van der Waals surface area contributed by atoms with E-state index in [1.807, 2.05) is 0 Å². The van der Waals surface area contributed by atoms with Gasteiger partial charge in [-0.1, -0.05) is 79.7 Å². The van der Waals surface area contributed by atoms with Gasteiger partial charge in [-0.15, -0.1) is 0 Å². The molecule has 0 bridgehead atoms. The summed E-state index contributed by atoms with van der Waals surface area (Å²) < 4.78 is 0. The molecule has 120 valence electrons. The van der Waals surface area contributed by atoms with E-state index in [9.17, 15) is 0 Å². The normalized spacial score (nSPS) is 14.5. The molecule has 0 aliphatic heterocycles. The molecule has 0 aliphatic rings. The molecule has 0 aliphatic carbocycles. The van der Waals surface area contributed by atoms with Gasteiger partial charge in [0, 0.05) is 6.04 Å². The molecule has 0 amide bonds. The summed E-state index contributed by atoms with van der Waals surface area (Å²) in [5.74, 6) is 0.653. The monoisotopic (exact) mass is 289 g/mol. The second-order valence-electron chi connectivity index (χ2n) is 8.78. The van der Waals surface area contributed by atoms with Crippen LogP contribution in [0.5, 0.6) is 0 Å². The van der Waals surface area contributed by atoms with Crippen molar-refractivity contribution in [3.05, 3.63) is 35.4 Å². The van der Waals surface area contributed by atoms with Crippen molar-refractivity contribution in [2.75, 3.05) is 6.54 Å². The highest BCUT2D eigenvalue weighted by Gasteiger charge is 2.25. The highest BCUT2D eigenvalue weighted by atomic mass is 14.9. The topological polar surface area (TPSA) is 12.0 Å². The molecule has 1 rings (SSSR count). The first-order valence-corrected chi connectivity index (χ1v) is 8.33. The number of rotatable bonds is 5. The van der Waals surface area contributed by atoms with Crippen LogP contribution in [-0.4, -0.2) is 12.6 Å². The number of hydrogen-bond acceptors (Lipinski definition) is 1. The van der Waals surface area contributed by atoms with Crippen molar-refractivity contribution in [3.63, 3.8) is 0 Å². The fourth-order valence-electron chi connectivity index (χ4n) is 2.49. The highest BCUT2D eigenvalue weighted by Crippen LogP contribution is 2.30. The van der Waals surface area contributed by atoms with Gasteiger partial charge in [0.05, 0.1) is 0 Å². The third-order valence-corrected chi connectivity index (χ3v) is 4.30. The summed E-state index contributed by atoms with van der Waals surface area (Å²) in [6.07, 6.45) is 1.15. The molecule has 1 heteroatoms. The molecule has 1 atom stereocenters. The summed E-state index contributed by atoms with van der Waals surface area (Å²) >= 11 is 0. The fraction of sp³-hybridized carbons (Fsp3) is 0.700. The lowest BCUT2D eigenvalue weighted by Crippen LogP contribution is -2.36. The van der Waals surface area contributed by atoms with Gasteiger partial charge in [0.15, 0.2) is 0 Å². The molecule has 0 saturated heterocycles. The van der Waals surface area contributed by atoms with Crippen LogP contribution in [0.1, 0.15) is 66.5 Å². The molecule has 0 spiro atoms. The van der Waals surface area contributed by atoms with E-state index in [-0.39, 0.29) is 5.41 Å². The van der Waals surface area contributed by atoms with Crippen LogP contribution in [0.4, 0.5) is 0 Å². The van der Waals surface area contributed by atoms with Gasteiger partial charge in [0.2, 0.25) is 0 Å². The third-order valence-electron chi connectivity index (χ3n) is 4.30. The SMILES string of the molecule is CC(C)NCC(Cc1ccc(C(C)(C)C)cc1)C(C)(C)C. The van der Waals surface area contributed by atoms with Crippen molar-refractivity contribution in [3.8, 4) is 0 Å². The van der Waals surface area contributed by atoms with E-state index in [2.05, 4.69) is 85.0 Å². The molecule has 1 aromatic carbocycles. The zero-order chi connectivity index (χ0) is 16.3. The minimum Gasteiger partial charge on any atom is -0.314 e. The Kier molecular flexibility index (Phi) is 6.04. The Labute approximate surface area is 132 Å². The molecule has 0 radical (unpaired) electrons. The first-order valence-electron chi connectivity index (χ1n) is 8.33. The van der Waals surface area contributed by atoms with E-state index in [4.69, 9.17) is 0 Å². The Morgan fingerprint density at radius 2 is 1.43 bits per heavy atom. The largest absolute Gasteiger partial charge is 0.314 e. The molecular weight excluding hydrogens is 254 g/mol. The van der Waals surface area contributed by atoms with Gasteiger partial charge in [-0.25, -0.2) is 0 Å². The van der Waals surface area contributed by atoms with Crippen LogP contribution in [0, 0.1) is 11.3 Å². The maximum Gasteiger partial charge on any atom is 0.00104 e. The Hall–Kier alpha value is -0.820. The van der Waals surface area contributed by atoms with E-state index >= 15 is 0 Å². The van der Waals surface area contributed by atoms with Gasteiger partial charge in [0.1, 0.15) is 0 Å². The van der Waals surface area contributed by atoms with Crippen molar-refractivity contribution in [1.82, 2.24) is 5.32 Å². The van der Waals surface area contributed by atoms with E-state index in [1.54, 1.807) is 0 Å². The minimum absolute atomic E-state index is 0.237. The van der Waals surface area contributed by atoms with Crippen LogP contribution in [-0.2, 0) is 11.8 Å². The van der Waals surface area contributed by atoms with Crippen LogP contribution in [0.2, 0.25) is 0 Å². The third kappa shape index (κ3) is 6.22. The number of hydrogen-bond donors (Lipinski definition) is 1. The van der Waals surface area contributed by atoms with Crippen molar-refractivity contribution in [2.24, 2.45) is 11.3 Å². The van der Waals surface area contributed by atoms with Crippen LogP contribution in [0.15, 0.2) is 24.3 Å². The molecule has 1 N–H and O–H groups in total. The van der Waals surface area contributed by atoms with Crippen LogP contribution >= 0.6 is 0 Å². The first-order chi connectivity index (χ1) is 9.50. The summed E-state index contributed by atoms with van der Waals surface area (Å²) in [6, 6.07) is 9.78. The Balaban J connectivity index is 2.79. The second-order valence-corrected chi connectivity index (χ2v) is 8.78. The molecule has 0 fully saturated rings. The van der Waals surface area contributed by atoms with E-state index < -0.39 is 0 Å². The lowest BCUT2D eigenvalue weighted by atomic mass is 9.76. The maximum absolute atomic E-state index is 3.61. The Morgan fingerprint density at radius 1 is 0.905 bits per heavy atom.